The van der Waals surface area contributed by atoms with Gasteiger partial charge in [-0.05, 0) is 11.1 Å². The van der Waals surface area contributed by atoms with Crippen molar-refractivity contribution in [2.24, 2.45) is 0 Å². The molecule has 0 atom stereocenters. The lowest BCUT2D eigenvalue weighted by Crippen LogP contribution is -2.45. The number of amides is 1. The second-order valence-corrected chi connectivity index (χ2v) is 6.11. The molecule has 2 aromatic carbocycles. The summed E-state index contributed by atoms with van der Waals surface area (Å²) in [4.78, 5) is 16.7. The van der Waals surface area contributed by atoms with Crippen LogP contribution in [0.2, 0.25) is 0 Å². The smallest absolute Gasteiger partial charge is 0.236 e. The number of ether oxygens (including phenoxy) is 1. The first-order valence-corrected chi connectivity index (χ1v) is 8.47. The molecule has 0 bridgehead atoms. The van der Waals surface area contributed by atoms with Crippen molar-refractivity contribution in [2.75, 3.05) is 32.8 Å². The Balaban J connectivity index is 1.67. The van der Waals surface area contributed by atoms with Crippen molar-refractivity contribution in [3.8, 4) is 0 Å². The molecule has 1 heterocycles. The summed E-state index contributed by atoms with van der Waals surface area (Å²) in [5.74, 6) is 0.185. The van der Waals surface area contributed by atoms with E-state index >= 15 is 0 Å². The fraction of sp³-hybridized carbons (Fsp3) is 0.350. The van der Waals surface area contributed by atoms with E-state index in [1.807, 2.05) is 41.3 Å². The zero-order valence-corrected chi connectivity index (χ0v) is 13.9. The zero-order chi connectivity index (χ0) is 16.6. The summed E-state index contributed by atoms with van der Waals surface area (Å²) in [6, 6.07) is 20.6. The van der Waals surface area contributed by atoms with Crippen LogP contribution in [0.3, 0.4) is 0 Å². The van der Waals surface area contributed by atoms with E-state index in [1.165, 1.54) is 11.1 Å². The van der Waals surface area contributed by atoms with E-state index in [1.54, 1.807) is 0 Å². The number of rotatable bonds is 6. The largest absolute Gasteiger partial charge is 0.378 e. The summed E-state index contributed by atoms with van der Waals surface area (Å²) in [5, 5.41) is 0. The molecule has 0 unspecified atom stereocenters. The second kappa shape index (κ2) is 8.62. The molecule has 1 amide bonds. The molecule has 2 aromatic rings. The van der Waals surface area contributed by atoms with Gasteiger partial charge in [0.05, 0.1) is 19.8 Å². The highest BCUT2D eigenvalue weighted by atomic mass is 16.5. The minimum absolute atomic E-state index is 0.185. The van der Waals surface area contributed by atoms with Crippen molar-refractivity contribution in [3.05, 3.63) is 71.8 Å². The van der Waals surface area contributed by atoms with Crippen LogP contribution < -0.4 is 0 Å². The van der Waals surface area contributed by atoms with Gasteiger partial charge >= 0.3 is 0 Å². The monoisotopic (exact) mass is 324 g/mol. The highest BCUT2D eigenvalue weighted by Gasteiger charge is 2.20. The topological polar surface area (TPSA) is 32.8 Å². The standard InChI is InChI=1S/C20H24N2O2/c23-20(22-11-13-24-14-12-22)17-21(15-18-7-3-1-4-8-18)16-19-9-5-2-6-10-19/h1-10H,11-17H2. The molecule has 0 spiro atoms. The first-order chi connectivity index (χ1) is 11.8. The minimum Gasteiger partial charge on any atom is -0.378 e. The Kier molecular flexibility index (Phi) is 5.99. The van der Waals surface area contributed by atoms with Crippen molar-refractivity contribution in [1.29, 1.82) is 0 Å². The van der Waals surface area contributed by atoms with Gasteiger partial charge in [-0.2, -0.15) is 0 Å². The van der Waals surface area contributed by atoms with Gasteiger partial charge in [-0.25, -0.2) is 0 Å². The molecule has 1 saturated heterocycles. The lowest BCUT2D eigenvalue weighted by molar-refractivity contribution is -0.136. The van der Waals surface area contributed by atoms with Gasteiger partial charge < -0.3 is 9.64 Å². The van der Waals surface area contributed by atoms with Crippen LogP contribution in [0.25, 0.3) is 0 Å². The Hall–Kier alpha value is -2.17. The van der Waals surface area contributed by atoms with Crippen molar-refractivity contribution in [2.45, 2.75) is 13.1 Å². The maximum absolute atomic E-state index is 12.6. The van der Waals surface area contributed by atoms with Gasteiger partial charge in [0.1, 0.15) is 0 Å². The number of hydrogen-bond donors (Lipinski definition) is 0. The Morgan fingerprint density at radius 1 is 0.875 bits per heavy atom. The number of carbonyl (C=O) groups is 1. The molecule has 126 valence electrons. The van der Waals surface area contributed by atoms with Crippen LogP contribution in [0.15, 0.2) is 60.7 Å². The predicted molar refractivity (Wildman–Crippen MR) is 94.4 cm³/mol. The molecule has 1 aliphatic rings. The number of benzene rings is 2. The third-order valence-electron chi connectivity index (χ3n) is 4.22. The fourth-order valence-electron chi connectivity index (χ4n) is 2.95. The summed E-state index contributed by atoms with van der Waals surface area (Å²) in [6.07, 6.45) is 0. The molecule has 1 aliphatic heterocycles. The van der Waals surface area contributed by atoms with E-state index in [2.05, 4.69) is 29.2 Å². The van der Waals surface area contributed by atoms with E-state index in [0.29, 0.717) is 32.8 Å². The number of hydrogen-bond acceptors (Lipinski definition) is 3. The highest BCUT2D eigenvalue weighted by molar-refractivity contribution is 5.78. The van der Waals surface area contributed by atoms with Crippen molar-refractivity contribution < 1.29 is 9.53 Å². The third-order valence-corrected chi connectivity index (χ3v) is 4.22. The minimum atomic E-state index is 0.185. The van der Waals surface area contributed by atoms with E-state index in [9.17, 15) is 4.79 Å². The van der Waals surface area contributed by atoms with E-state index in [-0.39, 0.29) is 5.91 Å². The van der Waals surface area contributed by atoms with Crippen LogP contribution in [0.5, 0.6) is 0 Å². The Labute approximate surface area is 143 Å². The SMILES string of the molecule is O=C(CN(Cc1ccccc1)Cc1ccccc1)N1CCOCC1. The van der Waals surface area contributed by atoms with Gasteiger partial charge in [-0.15, -0.1) is 0 Å². The first kappa shape index (κ1) is 16.7. The Bertz CT molecular complexity index is 583. The average Bonchev–Trinajstić information content (AvgIpc) is 2.64. The molecule has 0 saturated carbocycles. The van der Waals surface area contributed by atoms with Crippen LogP contribution in [-0.4, -0.2) is 48.6 Å². The van der Waals surface area contributed by atoms with Gasteiger partial charge in [0, 0.05) is 26.2 Å². The lowest BCUT2D eigenvalue weighted by atomic mass is 10.1. The molecule has 3 rings (SSSR count). The normalized spacial score (nSPS) is 14.8. The summed E-state index contributed by atoms with van der Waals surface area (Å²) in [6.45, 7) is 4.65. The number of morpholine rings is 1. The molecule has 0 radical (unpaired) electrons. The van der Waals surface area contributed by atoms with Crippen LogP contribution >= 0.6 is 0 Å². The third kappa shape index (κ3) is 4.91. The van der Waals surface area contributed by atoms with Gasteiger partial charge in [0.2, 0.25) is 5.91 Å². The molecule has 4 heteroatoms. The van der Waals surface area contributed by atoms with Crippen LogP contribution in [-0.2, 0) is 22.6 Å². The predicted octanol–water partition coefficient (Wildman–Crippen LogP) is 2.55. The van der Waals surface area contributed by atoms with Crippen molar-refractivity contribution >= 4 is 5.91 Å². The summed E-state index contributed by atoms with van der Waals surface area (Å²) >= 11 is 0. The molecular weight excluding hydrogens is 300 g/mol. The first-order valence-electron chi connectivity index (χ1n) is 8.47. The Morgan fingerprint density at radius 3 is 1.88 bits per heavy atom. The summed E-state index contributed by atoms with van der Waals surface area (Å²) in [7, 11) is 0. The molecule has 24 heavy (non-hydrogen) atoms. The molecular formula is C20H24N2O2. The molecule has 0 aliphatic carbocycles. The van der Waals surface area contributed by atoms with Crippen molar-refractivity contribution in [3.63, 3.8) is 0 Å². The molecule has 4 nitrogen and oxygen atoms in total. The molecule has 0 N–H and O–H groups in total. The van der Waals surface area contributed by atoms with E-state index < -0.39 is 0 Å². The van der Waals surface area contributed by atoms with Crippen molar-refractivity contribution in [1.82, 2.24) is 9.80 Å². The van der Waals surface area contributed by atoms with Gasteiger partial charge in [0.15, 0.2) is 0 Å². The average molecular weight is 324 g/mol. The van der Waals surface area contributed by atoms with Gasteiger partial charge in [-0.3, -0.25) is 9.69 Å². The van der Waals surface area contributed by atoms with Crippen LogP contribution in [0.1, 0.15) is 11.1 Å². The lowest BCUT2D eigenvalue weighted by Gasteiger charge is -2.30. The number of carbonyl (C=O) groups excluding carboxylic acids is 1. The molecule has 0 aromatic heterocycles. The maximum Gasteiger partial charge on any atom is 0.236 e. The zero-order valence-electron chi connectivity index (χ0n) is 13.9. The highest BCUT2D eigenvalue weighted by Crippen LogP contribution is 2.11. The van der Waals surface area contributed by atoms with Gasteiger partial charge in [-0.1, -0.05) is 60.7 Å². The summed E-state index contributed by atoms with van der Waals surface area (Å²) < 4.78 is 5.34. The van der Waals surface area contributed by atoms with E-state index in [4.69, 9.17) is 4.74 Å². The van der Waals surface area contributed by atoms with Crippen LogP contribution in [0, 0.1) is 0 Å². The summed E-state index contributed by atoms with van der Waals surface area (Å²) in [5.41, 5.74) is 2.45. The van der Waals surface area contributed by atoms with E-state index in [0.717, 1.165) is 13.1 Å². The fourth-order valence-corrected chi connectivity index (χ4v) is 2.95. The second-order valence-electron chi connectivity index (χ2n) is 6.11. The quantitative estimate of drug-likeness (QED) is 0.819. The molecule has 1 fully saturated rings. The van der Waals surface area contributed by atoms with Gasteiger partial charge in [0.25, 0.3) is 0 Å². The number of nitrogens with zero attached hydrogens (tertiary/aromatic N) is 2. The van der Waals surface area contributed by atoms with Crippen LogP contribution in [0.4, 0.5) is 0 Å². The maximum atomic E-state index is 12.6. The Morgan fingerprint density at radius 2 is 1.38 bits per heavy atom.